The Labute approximate surface area is 117 Å². The monoisotopic (exact) mass is 329 g/mol. The summed E-state index contributed by atoms with van der Waals surface area (Å²) < 4.78 is 64.9. The second kappa shape index (κ2) is 6.28. The van der Waals surface area contributed by atoms with Gasteiger partial charge in [0.05, 0.1) is 11.5 Å². The molecular formula is C10H10F3NO6S. The van der Waals surface area contributed by atoms with E-state index in [0.29, 0.717) is 6.07 Å². The Morgan fingerprint density at radius 1 is 1.38 bits per heavy atom. The van der Waals surface area contributed by atoms with E-state index < -0.39 is 45.6 Å². The minimum absolute atomic E-state index is 0.576. The van der Waals surface area contributed by atoms with Crippen molar-refractivity contribution in [2.24, 2.45) is 0 Å². The van der Waals surface area contributed by atoms with Gasteiger partial charge in [0, 0.05) is 6.07 Å². The van der Waals surface area contributed by atoms with E-state index in [4.69, 9.17) is 10.2 Å². The van der Waals surface area contributed by atoms with Gasteiger partial charge in [-0.25, -0.2) is 8.42 Å². The maximum atomic E-state index is 12.0. The lowest BCUT2D eigenvalue weighted by Gasteiger charge is -2.13. The molecular weight excluding hydrogens is 319 g/mol. The highest BCUT2D eigenvalue weighted by Crippen LogP contribution is 2.24. The molecule has 1 aromatic rings. The number of sulfonamides is 1. The minimum Gasteiger partial charge on any atom is -0.480 e. The predicted molar refractivity (Wildman–Crippen MR) is 62.0 cm³/mol. The molecule has 1 rings (SSSR count). The zero-order chi connectivity index (χ0) is 16.3. The Morgan fingerprint density at radius 3 is 2.48 bits per heavy atom. The number of halogens is 3. The molecule has 21 heavy (non-hydrogen) atoms. The average Bonchev–Trinajstić information content (AvgIpc) is 2.34. The van der Waals surface area contributed by atoms with Gasteiger partial charge in [-0.3, -0.25) is 4.79 Å². The normalized spacial score (nSPS) is 13.7. The Hall–Kier alpha value is -1.85. The molecule has 0 bridgehead atoms. The van der Waals surface area contributed by atoms with Crippen LogP contribution in [0.1, 0.15) is 0 Å². The van der Waals surface area contributed by atoms with Crippen molar-refractivity contribution >= 4 is 16.0 Å². The molecule has 1 aromatic carbocycles. The van der Waals surface area contributed by atoms with Crippen molar-refractivity contribution in [3.8, 4) is 5.75 Å². The quantitative estimate of drug-likeness (QED) is 0.692. The van der Waals surface area contributed by atoms with Crippen LogP contribution in [0.15, 0.2) is 29.2 Å². The van der Waals surface area contributed by atoms with Gasteiger partial charge in [-0.15, -0.1) is 13.2 Å². The van der Waals surface area contributed by atoms with Gasteiger partial charge < -0.3 is 14.9 Å². The van der Waals surface area contributed by atoms with Gasteiger partial charge in [-0.1, -0.05) is 6.07 Å². The highest BCUT2D eigenvalue weighted by molar-refractivity contribution is 7.89. The van der Waals surface area contributed by atoms with Crippen molar-refractivity contribution < 1.29 is 41.3 Å². The van der Waals surface area contributed by atoms with Crippen LogP contribution in [0.25, 0.3) is 0 Å². The fraction of sp³-hybridized carbons (Fsp3) is 0.300. The minimum atomic E-state index is -5.00. The third-order valence-corrected chi connectivity index (χ3v) is 3.60. The van der Waals surface area contributed by atoms with E-state index in [0.717, 1.165) is 18.2 Å². The third kappa shape index (κ3) is 5.21. The number of alkyl halides is 3. The van der Waals surface area contributed by atoms with Gasteiger partial charge in [0.15, 0.2) is 0 Å². The lowest BCUT2D eigenvalue weighted by molar-refractivity contribution is -0.274. The van der Waals surface area contributed by atoms with E-state index in [1.807, 2.05) is 0 Å². The van der Waals surface area contributed by atoms with Crippen LogP contribution in [0.2, 0.25) is 0 Å². The maximum absolute atomic E-state index is 12.0. The Kier molecular flexibility index (Phi) is 5.15. The SMILES string of the molecule is O=C(O)C(CO)NS(=O)(=O)c1cccc(OC(F)(F)F)c1. The third-order valence-electron chi connectivity index (χ3n) is 2.13. The van der Waals surface area contributed by atoms with Crippen molar-refractivity contribution in [2.75, 3.05) is 6.61 Å². The fourth-order valence-corrected chi connectivity index (χ4v) is 2.47. The summed E-state index contributed by atoms with van der Waals surface area (Å²) in [5.41, 5.74) is 0. The van der Waals surface area contributed by atoms with Crippen LogP contribution in [-0.2, 0) is 14.8 Å². The van der Waals surface area contributed by atoms with Gasteiger partial charge >= 0.3 is 12.3 Å². The van der Waals surface area contributed by atoms with E-state index in [9.17, 15) is 26.4 Å². The molecule has 0 saturated carbocycles. The molecule has 1 unspecified atom stereocenters. The molecule has 0 fully saturated rings. The molecule has 0 spiro atoms. The number of rotatable bonds is 6. The second-order valence-electron chi connectivity index (χ2n) is 3.72. The van der Waals surface area contributed by atoms with Gasteiger partial charge in [0.2, 0.25) is 10.0 Å². The predicted octanol–water partition coefficient (Wildman–Crippen LogP) is 0.309. The number of aliphatic hydroxyl groups is 1. The van der Waals surface area contributed by atoms with Crippen molar-refractivity contribution in [3.05, 3.63) is 24.3 Å². The molecule has 0 radical (unpaired) electrons. The van der Waals surface area contributed by atoms with Crippen LogP contribution in [0, 0.1) is 0 Å². The highest BCUT2D eigenvalue weighted by atomic mass is 32.2. The van der Waals surface area contributed by atoms with E-state index >= 15 is 0 Å². The summed E-state index contributed by atoms with van der Waals surface area (Å²) in [5.74, 6) is -2.41. The van der Waals surface area contributed by atoms with Crippen molar-refractivity contribution in [1.29, 1.82) is 0 Å². The van der Waals surface area contributed by atoms with Gasteiger partial charge in [0.25, 0.3) is 0 Å². The lowest BCUT2D eigenvalue weighted by Crippen LogP contribution is -2.43. The summed E-state index contributed by atoms with van der Waals surface area (Å²) >= 11 is 0. The molecule has 0 aliphatic heterocycles. The van der Waals surface area contributed by atoms with Crippen LogP contribution >= 0.6 is 0 Å². The first kappa shape index (κ1) is 17.2. The van der Waals surface area contributed by atoms with E-state index in [2.05, 4.69) is 4.74 Å². The van der Waals surface area contributed by atoms with Crippen LogP contribution < -0.4 is 9.46 Å². The van der Waals surface area contributed by atoms with Crippen molar-refractivity contribution in [2.45, 2.75) is 17.3 Å². The number of hydrogen-bond donors (Lipinski definition) is 3. The molecule has 3 N–H and O–H groups in total. The topological polar surface area (TPSA) is 113 Å². The molecule has 118 valence electrons. The smallest absolute Gasteiger partial charge is 0.480 e. The van der Waals surface area contributed by atoms with E-state index in [1.165, 1.54) is 0 Å². The Morgan fingerprint density at radius 2 is 2.00 bits per heavy atom. The first-order valence-electron chi connectivity index (χ1n) is 5.27. The molecule has 0 saturated heterocycles. The average molecular weight is 329 g/mol. The number of carbonyl (C=O) groups is 1. The number of nitrogens with one attached hydrogen (secondary N) is 1. The summed E-state index contributed by atoms with van der Waals surface area (Å²) in [6.45, 7) is -1.02. The summed E-state index contributed by atoms with van der Waals surface area (Å²) in [5, 5.41) is 17.4. The number of carboxylic acid groups (broad SMARTS) is 1. The number of aliphatic hydroxyl groups excluding tert-OH is 1. The highest BCUT2D eigenvalue weighted by Gasteiger charge is 2.32. The van der Waals surface area contributed by atoms with E-state index in [1.54, 1.807) is 4.72 Å². The van der Waals surface area contributed by atoms with Gasteiger partial charge in [0.1, 0.15) is 11.8 Å². The molecule has 0 heterocycles. The number of benzene rings is 1. The fourth-order valence-electron chi connectivity index (χ4n) is 1.26. The number of ether oxygens (including phenoxy) is 1. The van der Waals surface area contributed by atoms with Crippen LogP contribution in [0.5, 0.6) is 5.75 Å². The second-order valence-corrected chi connectivity index (χ2v) is 5.43. The van der Waals surface area contributed by atoms with Gasteiger partial charge in [-0.2, -0.15) is 4.72 Å². The standard InChI is InChI=1S/C10H10F3NO6S/c11-10(12,13)20-6-2-1-3-7(4-6)21(18,19)14-8(5-15)9(16)17/h1-4,8,14-15H,5H2,(H,16,17). The largest absolute Gasteiger partial charge is 0.573 e. The zero-order valence-corrected chi connectivity index (χ0v) is 11.0. The molecule has 0 aliphatic rings. The first-order valence-corrected chi connectivity index (χ1v) is 6.75. The van der Waals surface area contributed by atoms with Gasteiger partial charge in [-0.05, 0) is 12.1 Å². The summed E-state index contributed by atoms with van der Waals surface area (Å²) in [6.07, 6.45) is -5.00. The molecule has 1 atom stereocenters. The van der Waals surface area contributed by atoms with E-state index in [-0.39, 0.29) is 0 Å². The van der Waals surface area contributed by atoms with Crippen LogP contribution in [0.3, 0.4) is 0 Å². The molecule has 7 nitrogen and oxygen atoms in total. The van der Waals surface area contributed by atoms with Crippen molar-refractivity contribution in [3.63, 3.8) is 0 Å². The van der Waals surface area contributed by atoms with Crippen molar-refractivity contribution in [1.82, 2.24) is 4.72 Å². The molecule has 0 aromatic heterocycles. The first-order chi connectivity index (χ1) is 9.55. The summed E-state index contributed by atoms with van der Waals surface area (Å²) in [4.78, 5) is 10.00. The molecule has 0 amide bonds. The maximum Gasteiger partial charge on any atom is 0.573 e. The summed E-state index contributed by atoms with van der Waals surface area (Å²) in [6, 6.07) is 1.58. The Balaban J connectivity index is 3.04. The summed E-state index contributed by atoms with van der Waals surface area (Å²) in [7, 11) is -4.43. The van der Waals surface area contributed by atoms with Crippen LogP contribution in [-0.4, -0.2) is 43.6 Å². The molecule has 0 aliphatic carbocycles. The molecule has 11 heteroatoms. The Bertz CT molecular complexity index is 615. The number of hydrogen-bond acceptors (Lipinski definition) is 5. The van der Waals surface area contributed by atoms with Crippen LogP contribution in [0.4, 0.5) is 13.2 Å². The zero-order valence-electron chi connectivity index (χ0n) is 10.2. The number of aliphatic carboxylic acids is 1. The lowest BCUT2D eigenvalue weighted by atomic mass is 10.3. The number of carboxylic acids is 1.